The standard InChI is InChI=1S/C25H39NO7S/c1-14(2)17-9-18(15(3)4)24(19(10-17)16(5)6)34(28,29)31-13-20(32-23-11-22(27)26-23)21-12-30-25(7,8)33-21/h9-10,14-16,20-21,23H,11-13H2,1-8H3,(H,26,27)/t20-,21-,23-/m0/s1. The molecule has 1 aromatic carbocycles. The Labute approximate surface area is 203 Å². The molecule has 0 radical (unpaired) electrons. The van der Waals surface area contributed by atoms with Crippen molar-refractivity contribution >= 4 is 16.0 Å². The summed E-state index contributed by atoms with van der Waals surface area (Å²) in [4.78, 5) is 11.6. The fourth-order valence-corrected chi connectivity index (χ4v) is 5.74. The van der Waals surface area contributed by atoms with Crippen LogP contribution in [0.2, 0.25) is 0 Å². The van der Waals surface area contributed by atoms with Crippen molar-refractivity contribution < 1.29 is 31.6 Å². The van der Waals surface area contributed by atoms with Crippen molar-refractivity contribution in [2.45, 2.75) is 109 Å². The average molecular weight is 498 g/mol. The molecule has 1 amide bonds. The van der Waals surface area contributed by atoms with Gasteiger partial charge in [-0.1, -0.05) is 53.7 Å². The molecule has 0 aliphatic carbocycles. The zero-order chi connectivity index (χ0) is 25.4. The van der Waals surface area contributed by atoms with Crippen LogP contribution in [0.3, 0.4) is 0 Å². The third-order valence-electron chi connectivity index (χ3n) is 6.19. The molecule has 192 valence electrons. The number of hydrogen-bond acceptors (Lipinski definition) is 7. The van der Waals surface area contributed by atoms with Gasteiger partial charge in [-0.15, -0.1) is 0 Å². The summed E-state index contributed by atoms with van der Waals surface area (Å²) in [6, 6.07) is 3.96. The summed E-state index contributed by atoms with van der Waals surface area (Å²) in [5, 5.41) is 2.65. The first-order valence-electron chi connectivity index (χ1n) is 12.0. The highest BCUT2D eigenvalue weighted by Crippen LogP contribution is 2.36. The van der Waals surface area contributed by atoms with Gasteiger partial charge in [-0.3, -0.25) is 8.98 Å². The normalized spacial score (nSPS) is 23.4. The Kier molecular flexibility index (Phi) is 8.14. The fraction of sp³-hybridized carbons (Fsp3) is 0.720. The largest absolute Gasteiger partial charge is 0.349 e. The number of amides is 1. The predicted molar refractivity (Wildman–Crippen MR) is 128 cm³/mol. The first-order chi connectivity index (χ1) is 15.7. The number of nitrogens with one attached hydrogen (secondary N) is 1. The molecule has 3 atom stereocenters. The minimum absolute atomic E-state index is 0.00539. The second kappa shape index (κ2) is 10.2. The summed E-state index contributed by atoms with van der Waals surface area (Å²) in [6.45, 7) is 15.7. The number of hydrogen-bond donors (Lipinski definition) is 1. The number of β-lactam (4-membered cyclic amide) rings is 1. The van der Waals surface area contributed by atoms with Gasteiger partial charge in [0.25, 0.3) is 10.1 Å². The summed E-state index contributed by atoms with van der Waals surface area (Å²) in [6.07, 6.45) is -1.55. The van der Waals surface area contributed by atoms with E-state index in [1.807, 2.05) is 39.8 Å². The molecule has 0 spiro atoms. The van der Waals surface area contributed by atoms with Gasteiger partial charge in [0.05, 0.1) is 19.6 Å². The number of ether oxygens (including phenoxy) is 3. The summed E-state index contributed by atoms with van der Waals surface area (Å²) < 4.78 is 50.4. The molecule has 2 saturated heterocycles. The third kappa shape index (κ3) is 6.18. The van der Waals surface area contributed by atoms with Gasteiger partial charge in [-0.05, 0) is 48.3 Å². The maximum absolute atomic E-state index is 13.6. The van der Waals surface area contributed by atoms with E-state index in [1.54, 1.807) is 13.8 Å². The van der Waals surface area contributed by atoms with Crippen LogP contribution in [0.4, 0.5) is 0 Å². The van der Waals surface area contributed by atoms with Crippen molar-refractivity contribution in [3.05, 3.63) is 28.8 Å². The number of carbonyl (C=O) groups excluding carboxylic acids is 1. The first-order valence-corrected chi connectivity index (χ1v) is 13.4. The van der Waals surface area contributed by atoms with Gasteiger partial charge in [0.1, 0.15) is 23.3 Å². The summed E-state index contributed by atoms with van der Waals surface area (Å²) >= 11 is 0. The number of benzene rings is 1. The Morgan fingerprint density at radius 2 is 1.62 bits per heavy atom. The van der Waals surface area contributed by atoms with Gasteiger partial charge in [-0.25, -0.2) is 0 Å². The van der Waals surface area contributed by atoms with Crippen molar-refractivity contribution in [3.63, 3.8) is 0 Å². The molecule has 1 N–H and O–H groups in total. The Hall–Kier alpha value is -1.52. The molecule has 2 aliphatic heterocycles. The van der Waals surface area contributed by atoms with E-state index in [1.165, 1.54) is 0 Å². The lowest BCUT2D eigenvalue weighted by Gasteiger charge is -2.33. The molecule has 1 aromatic rings. The topological polar surface area (TPSA) is 100 Å². The fourth-order valence-electron chi connectivity index (χ4n) is 4.15. The highest BCUT2D eigenvalue weighted by Gasteiger charge is 2.41. The van der Waals surface area contributed by atoms with Gasteiger partial charge in [0, 0.05) is 0 Å². The Bertz CT molecular complexity index is 964. The first kappa shape index (κ1) is 27.1. The molecule has 0 aromatic heterocycles. The summed E-state index contributed by atoms with van der Waals surface area (Å²) in [5.41, 5.74) is 2.60. The van der Waals surface area contributed by atoms with E-state index in [-0.39, 0.29) is 48.2 Å². The second-order valence-corrected chi connectivity index (χ2v) is 12.1. The molecule has 8 nitrogen and oxygen atoms in total. The Morgan fingerprint density at radius 3 is 2.03 bits per heavy atom. The lowest BCUT2D eigenvalue weighted by Crippen LogP contribution is -2.54. The van der Waals surface area contributed by atoms with Gasteiger partial charge >= 0.3 is 0 Å². The zero-order valence-electron chi connectivity index (χ0n) is 21.5. The molecule has 2 aliphatic rings. The molecule has 2 heterocycles. The van der Waals surface area contributed by atoms with Crippen LogP contribution in [-0.4, -0.2) is 51.8 Å². The van der Waals surface area contributed by atoms with Crippen molar-refractivity contribution in [1.82, 2.24) is 5.32 Å². The van der Waals surface area contributed by atoms with Gasteiger partial charge in [0.2, 0.25) is 5.91 Å². The van der Waals surface area contributed by atoms with Gasteiger partial charge < -0.3 is 19.5 Å². The minimum atomic E-state index is -4.11. The van der Waals surface area contributed by atoms with Crippen molar-refractivity contribution in [1.29, 1.82) is 0 Å². The maximum Gasteiger partial charge on any atom is 0.297 e. The monoisotopic (exact) mass is 497 g/mol. The van der Waals surface area contributed by atoms with Gasteiger partial charge in [-0.2, -0.15) is 8.42 Å². The molecule has 0 unspecified atom stereocenters. The predicted octanol–water partition coefficient (Wildman–Crippen LogP) is 4.14. The second-order valence-electron chi connectivity index (χ2n) is 10.5. The summed E-state index contributed by atoms with van der Waals surface area (Å²) in [7, 11) is -4.11. The van der Waals surface area contributed by atoms with Crippen LogP contribution in [0.25, 0.3) is 0 Å². The number of rotatable bonds is 10. The SMILES string of the molecule is CC(C)c1cc(C(C)C)c(S(=O)(=O)OC[C@H](O[C@H]2CC(=O)N2)[C@@H]2COC(C)(C)O2)c(C(C)C)c1. The minimum Gasteiger partial charge on any atom is -0.349 e. The van der Waals surface area contributed by atoms with E-state index in [4.69, 9.17) is 18.4 Å². The smallest absolute Gasteiger partial charge is 0.297 e. The van der Waals surface area contributed by atoms with E-state index in [0.29, 0.717) is 0 Å². The molecular weight excluding hydrogens is 458 g/mol. The van der Waals surface area contributed by atoms with E-state index >= 15 is 0 Å². The molecule has 9 heteroatoms. The lowest BCUT2D eigenvalue weighted by molar-refractivity contribution is -0.179. The van der Waals surface area contributed by atoms with Gasteiger partial charge in [0.15, 0.2) is 5.79 Å². The van der Waals surface area contributed by atoms with Crippen LogP contribution in [-0.2, 0) is 33.3 Å². The molecule has 3 rings (SSSR count). The zero-order valence-corrected chi connectivity index (χ0v) is 22.3. The van der Waals surface area contributed by atoms with Crippen LogP contribution in [0.15, 0.2) is 17.0 Å². The van der Waals surface area contributed by atoms with E-state index in [9.17, 15) is 13.2 Å². The Balaban J connectivity index is 1.90. The van der Waals surface area contributed by atoms with Crippen molar-refractivity contribution in [2.24, 2.45) is 0 Å². The number of carbonyl (C=O) groups is 1. The highest BCUT2D eigenvalue weighted by atomic mass is 32.2. The Morgan fingerprint density at radius 1 is 1.06 bits per heavy atom. The molecule has 0 saturated carbocycles. The maximum atomic E-state index is 13.6. The molecule has 34 heavy (non-hydrogen) atoms. The van der Waals surface area contributed by atoms with Crippen LogP contribution >= 0.6 is 0 Å². The lowest BCUT2D eigenvalue weighted by atomic mass is 9.89. The van der Waals surface area contributed by atoms with Crippen molar-refractivity contribution in [2.75, 3.05) is 13.2 Å². The van der Waals surface area contributed by atoms with E-state index < -0.39 is 34.3 Å². The van der Waals surface area contributed by atoms with Crippen LogP contribution in [0.5, 0.6) is 0 Å². The molecular formula is C25H39NO7S. The quantitative estimate of drug-likeness (QED) is 0.383. The van der Waals surface area contributed by atoms with E-state index in [0.717, 1.165) is 16.7 Å². The van der Waals surface area contributed by atoms with Crippen LogP contribution in [0.1, 0.15) is 96.3 Å². The van der Waals surface area contributed by atoms with Crippen LogP contribution in [0, 0.1) is 0 Å². The highest BCUT2D eigenvalue weighted by molar-refractivity contribution is 7.86. The van der Waals surface area contributed by atoms with Crippen LogP contribution < -0.4 is 5.32 Å². The average Bonchev–Trinajstić information content (AvgIpc) is 3.07. The van der Waals surface area contributed by atoms with E-state index in [2.05, 4.69) is 19.2 Å². The van der Waals surface area contributed by atoms with Crippen molar-refractivity contribution in [3.8, 4) is 0 Å². The molecule has 0 bridgehead atoms. The third-order valence-corrected chi connectivity index (χ3v) is 7.61. The molecule has 2 fully saturated rings. The summed E-state index contributed by atoms with van der Waals surface area (Å²) in [5.74, 6) is -0.667.